The molecule has 0 aliphatic heterocycles. The molecule has 1 amide bonds. The van der Waals surface area contributed by atoms with Crippen LogP contribution in [0.3, 0.4) is 0 Å². The first-order valence-corrected chi connectivity index (χ1v) is 7.76. The molecule has 4 atom stereocenters. The van der Waals surface area contributed by atoms with Crippen molar-refractivity contribution in [3.63, 3.8) is 0 Å². The topological polar surface area (TPSA) is 81.2 Å². The minimum Gasteiger partial charge on any atom is -0.448 e. The molecule has 22 heavy (non-hydrogen) atoms. The van der Waals surface area contributed by atoms with Crippen LogP contribution in [0.1, 0.15) is 50.5 Å². The summed E-state index contributed by atoms with van der Waals surface area (Å²) in [4.78, 5) is 31.7. The third-order valence-electron chi connectivity index (χ3n) is 4.46. The van der Waals surface area contributed by atoms with Gasteiger partial charge in [0, 0.05) is 18.4 Å². The molecular formula is C16H23N3O3. The summed E-state index contributed by atoms with van der Waals surface area (Å²) in [5, 5.41) is 3.00. The summed E-state index contributed by atoms with van der Waals surface area (Å²) in [5.41, 5.74) is 0.0989. The molecular weight excluding hydrogens is 282 g/mol. The zero-order valence-corrected chi connectivity index (χ0v) is 13.3. The highest BCUT2D eigenvalue weighted by Gasteiger charge is 2.30. The van der Waals surface area contributed by atoms with Crippen molar-refractivity contribution in [3.05, 3.63) is 24.3 Å². The third kappa shape index (κ3) is 4.02. The van der Waals surface area contributed by atoms with E-state index >= 15 is 0 Å². The first-order valence-electron chi connectivity index (χ1n) is 7.76. The molecule has 1 aliphatic carbocycles. The monoisotopic (exact) mass is 305 g/mol. The van der Waals surface area contributed by atoms with E-state index in [0.717, 1.165) is 12.8 Å². The second kappa shape index (κ2) is 7.33. The van der Waals surface area contributed by atoms with Crippen molar-refractivity contribution < 1.29 is 14.3 Å². The van der Waals surface area contributed by atoms with Gasteiger partial charge in [-0.25, -0.2) is 9.78 Å². The fourth-order valence-electron chi connectivity index (χ4n) is 2.76. The number of hydrogen-bond donors (Lipinski definition) is 1. The van der Waals surface area contributed by atoms with Crippen LogP contribution in [0, 0.1) is 11.8 Å². The first-order chi connectivity index (χ1) is 10.5. The maximum absolute atomic E-state index is 12.2. The predicted molar refractivity (Wildman–Crippen MR) is 81.0 cm³/mol. The van der Waals surface area contributed by atoms with Crippen LogP contribution in [0.25, 0.3) is 0 Å². The van der Waals surface area contributed by atoms with Crippen LogP contribution < -0.4 is 5.32 Å². The molecule has 0 bridgehead atoms. The van der Waals surface area contributed by atoms with Crippen LogP contribution in [-0.4, -0.2) is 34.0 Å². The van der Waals surface area contributed by atoms with Gasteiger partial charge in [0.2, 0.25) is 0 Å². The van der Waals surface area contributed by atoms with Gasteiger partial charge in [-0.3, -0.25) is 9.78 Å². The van der Waals surface area contributed by atoms with Crippen LogP contribution in [0.15, 0.2) is 18.6 Å². The zero-order chi connectivity index (χ0) is 16.1. The second-order valence-electron chi connectivity index (χ2n) is 6.02. The smallest absolute Gasteiger partial charge is 0.359 e. The largest absolute Gasteiger partial charge is 0.448 e. The lowest BCUT2D eigenvalue weighted by Crippen LogP contribution is -2.47. The van der Waals surface area contributed by atoms with E-state index in [4.69, 9.17) is 4.74 Å². The Kier molecular flexibility index (Phi) is 5.46. The van der Waals surface area contributed by atoms with E-state index in [9.17, 15) is 9.59 Å². The van der Waals surface area contributed by atoms with Gasteiger partial charge in [0.1, 0.15) is 0 Å². The van der Waals surface area contributed by atoms with Gasteiger partial charge in [0.05, 0.1) is 6.20 Å². The molecule has 6 heteroatoms. The maximum Gasteiger partial charge on any atom is 0.359 e. The minimum atomic E-state index is -0.848. The Bertz CT molecular complexity index is 521. The lowest BCUT2D eigenvalue weighted by molar-refractivity contribution is -0.130. The van der Waals surface area contributed by atoms with Gasteiger partial charge in [-0.05, 0) is 25.2 Å². The van der Waals surface area contributed by atoms with Gasteiger partial charge in [-0.1, -0.05) is 26.7 Å². The lowest BCUT2D eigenvalue weighted by Gasteiger charge is -2.35. The van der Waals surface area contributed by atoms with Gasteiger partial charge in [0.25, 0.3) is 5.91 Å². The van der Waals surface area contributed by atoms with Crippen molar-refractivity contribution in [1.29, 1.82) is 0 Å². The standard InChI is InChI=1S/C16H23N3O3/c1-10-5-4-6-13(11(10)2)19-15(20)12(3)22-16(21)14-9-17-7-8-18-14/h7-13H,4-6H2,1-3H3,(H,19,20)/t10-,11+,12+,13-/m0/s1. The number of aromatic nitrogens is 2. The SMILES string of the molecule is C[C@H]1[C@@H](NC(=O)[C@@H](C)OC(=O)c2cnccn2)CCC[C@@H]1C. The summed E-state index contributed by atoms with van der Waals surface area (Å²) < 4.78 is 5.15. The fourth-order valence-corrected chi connectivity index (χ4v) is 2.76. The average Bonchev–Trinajstić information content (AvgIpc) is 2.52. The van der Waals surface area contributed by atoms with E-state index in [1.807, 2.05) is 0 Å². The number of nitrogens with zero attached hydrogens (tertiary/aromatic N) is 2. The van der Waals surface area contributed by atoms with E-state index in [1.54, 1.807) is 6.92 Å². The van der Waals surface area contributed by atoms with E-state index in [-0.39, 0.29) is 17.6 Å². The molecule has 1 aromatic heterocycles. The van der Waals surface area contributed by atoms with Crippen LogP contribution in [0.5, 0.6) is 0 Å². The molecule has 1 saturated carbocycles. The first kappa shape index (κ1) is 16.4. The van der Waals surface area contributed by atoms with Gasteiger partial charge in [-0.15, -0.1) is 0 Å². The molecule has 0 spiro atoms. The molecule has 1 aromatic rings. The molecule has 0 saturated heterocycles. The van der Waals surface area contributed by atoms with Gasteiger partial charge >= 0.3 is 5.97 Å². The number of amides is 1. The molecule has 6 nitrogen and oxygen atoms in total. The lowest BCUT2D eigenvalue weighted by atomic mass is 9.78. The number of nitrogens with one attached hydrogen (secondary N) is 1. The molecule has 1 heterocycles. The highest BCUT2D eigenvalue weighted by atomic mass is 16.5. The van der Waals surface area contributed by atoms with Crippen molar-refractivity contribution in [2.45, 2.75) is 52.2 Å². The molecule has 1 aliphatic rings. The van der Waals surface area contributed by atoms with E-state index in [0.29, 0.717) is 11.8 Å². The second-order valence-corrected chi connectivity index (χ2v) is 6.02. The van der Waals surface area contributed by atoms with E-state index in [2.05, 4.69) is 29.1 Å². The summed E-state index contributed by atoms with van der Waals surface area (Å²) in [7, 11) is 0. The van der Waals surface area contributed by atoms with Crippen LogP contribution >= 0.6 is 0 Å². The fraction of sp³-hybridized carbons (Fsp3) is 0.625. The minimum absolute atomic E-state index is 0.0989. The average molecular weight is 305 g/mol. The van der Waals surface area contributed by atoms with Crippen molar-refractivity contribution in [2.75, 3.05) is 0 Å². The number of hydrogen-bond acceptors (Lipinski definition) is 5. The quantitative estimate of drug-likeness (QED) is 0.860. The van der Waals surface area contributed by atoms with Gasteiger partial charge in [0.15, 0.2) is 11.8 Å². The van der Waals surface area contributed by atoms with Crippen molar-refractivity contribution in [3.8, 4) is 0 Å². The Morgan fingerprint density at radius 1 is 1.32 bits per heavy atom. The molecule has 1 fully saturated rings. The van der Waals surface area contributed by atoms with E-state index < -0.39 is 12.1 Å². The predicted octanol–water partition coefficient (Wildman–Crippen LogP) is 1.96. The third-order valence-corrected chi connectivity index (χ3v) is 4.46. The molecule has 0 aromatic carbocycles. The summed E-state index contributed by atoms with van der Waals surface area (Å²) >= 11 is 0. The normalized spacial score (nSPS) is 26.0. The van der Waals surface area contributed by atoms with Crippen LogP contribution in [-0.2, 0) is 9.53 Å². The Labute approximate surface area is 130 Å². The maximum atomic E-state index is 12.2. The molecule has 2 rings (SSSR count). The molecule has 1 N–H and O–H groups in total. The Hall–Kier alpha value is -1.98. The summed E-state index contributed by atoms with van der Waals surface area (Å²) in [6.07, 6.45) is 6.64. The summed E-state index contributed by atoms with van der Waals surface area (Å²) in [6.45, 7) is 5.94. The molecule has 0 unspecified atom stereocenters. The van der Waals surface area contributed by atoms with Gasteiger partial charge in [-0.2, -0.15) is 0 Å². The van der Waals surface area contributed by atoms with Gasteiger partial charge < -0.3 is 10.1 Å². The number of rotatable bonds is 4. The zero-order valence-electron chi connectivity index (χ0n) is 13.3. The molecule has 0 radical (unpaired) electrons. The Balaban J connectivity index is 1.88. The Morgan fingerprint density at radius 3 is 2.77 bits per heavy atom. The van der Waals surface area contributed by atoms with Crippen molar-refractivity contribution in [2.24, 2.45) is 11.8 Å². The summed E-state index contributed by atoms with van der Waals surface area (Å²) in [5.74, 6) is 0.126. The van der Waals surface area contributed by atoms with Crippen LogP contribution in [0.4, 0.5) is 0 Å². The number of carbonyl (C=O) groups excluding carboxylic acids is 2. The number of ether oxygens (including phenoxy) is 1. The van der Waals surface area contributed by atoms with Crippen molar-refractivity contribution in [1.82, 2.24) is 15.3 Å². The van der Waals surface area contributed by atoms with Crippen LogP contribution in [0.2, 0.25) is 0 Å². The summed E-state index contributed by atoms with van der Waals surface area (Å²) in [6, 6.07) is 0.147. The van der Waals surface area contributed by atoms with Crippen molar-refractivity contribution >= 4 is 11.9 Å². The number of esters is 1. The highest BCUT2D eigenvalue weighted by Crippen LogP contribution is 2.29. The molecule has 120 valence electrons. The Morgan fingerprint density at radius 2 is 2.09 bits per heavy atom. The van der Waals surface area contributed by atoms with E-state index in [1.165, 1.54) is 25.0 Å². The highest BCUT2D eigenvalue weighted by molar-refractivity contribution is 5.90. The number of carbonyl (C=O) groups is 2.